The quantitative estimate of drug-likeness (QED) is 0.873. The zero-order chi connectivity index (χ0) is 11.4. The lowest BCUT2D eigenvalue weighted by atomic mass is 10.1. The van der Waals surface area contributed by atoms with Gasteiger partial charge >= 0.3 is 0 Å². The van der Waals surface area contributed by atoms with E-state index >= 15 is 0 Å². The van der Waals surface area contributed by atoms with E-state index in [2.05, 4.69) is 9.37 Å². The van der Waals surface area contributed by atoms with Crippen LogP contribution in [0.2, 0.25) is 5.15 Å². The van der Waals surface area contributed by atoms with Crippen LogP contribution in [-0.4, -0.2) is 16.1 Å². The van der Waals surface area contributed by atoms with E-state index in [1.54, 1.807) is 0 Å². The lowest BCUT2D eigenvalue weighted by Crippen LogP contribution is -1.96. The number of hydrogen-bond acceptors (Lipinski definition) is 5. The van der Waals surface area contributed by atoms with Gasteiger partial charge in [-0.3, -0.25) is 0 Å². The first-order valence-corrected chi connectivity index (χ1v) is 7.14. The van der Waals surface area contributed by atoms with Gasteiger partial charge in [-0.05, 0) is 28.4 Å². The van der Waals surface area contributed by atoms with Crippen molar-refractivity contribution in [1.29, 1.82) is 0 Å². The van der Waals surface area contributed by atoms with Crippen molar-refractivity contribution in [1.82, 2.24) is 4.37 Å². The number of aliphatic hydroxyl groups excluding tert-OH is 1. The van der Waals surface area contributed by atoms with Gasteiger partial charge in [0.1, 0.15) is 0 Å². The van der Waals surface area contributed by atoms with Crippen LogP contribution in [0.5, 0.6) is 0 Å². The zero-order valence-corrected chi connectivity index (χ0v) is 10.6. The summed E-state index contributed by atoms with van der Waals surface area (Å²) in [5.74, 6) is 0. The van der Waals surface area contributed by atoms with Gasteiger partial charge in [-0.15, -0.1) is 0 Å². The second-order valence-electron chi connectivity index (χ2n) is 3.06. The molecule has 2 aromatic rings. The van der Waals surface area contributed by atoms with Gasteiger partial charge in [-0.2, -0.15) is 4.37 Å². The lowest BCUT2D eigenvalue weighted by Gasteiger charge is -2.01. The van der Waals surface area contributed by atoms with Crippen molar-refractivity contribution in [3.63, 3.8) is 0 Å². The Balaban J connectivity index is 2.45. The molecule has 3 nitrogen and oxygen atoms in total. The van der Waals surface area contributed by atoms with Gasteiger partial charge in [0, 0.05) is 17.1 Å². The first-order valence-electron chi connectivity index (χ1n) is 4.66. The third-order valence-corrected chi connectivity index (χ3v) is 4.18. The molecule has 84 valence electrons. The van der Waals surface area contributed by atoms with Gasteiger partial charge in [-0.25, -0.2) is 4.99 Å². The third kappa shape index (κ3) is 2.68. The first kappa shape index (κ1) is 11.7. The van der Waals surface area contributed by atoms with Gasteiger partial charge in [0.25, 0.3) is 0 Å². The van der Waals surface area contributed by atoms with E-state index in [1.807, 2.05) is 24.3 Å². The van der Waals surface area contributed by atoms with Crippen molar-refractivity contribution in [3.05, 3.63) is 39.7 Å². The van der Waals surface area contributed by atoms with E-state index in [1.165, 1.54) is 20.9 Å². The molecule has 0 unspecified atom stereocenters. The van der Waals surface area contributed by atoms with Crippen LogP contribution in [0.25, 0.3) is 0 Å². The number of rotatable bonds is 3. The molecule has 6 heteroatoms. The Kier molecular flexibility index (Phi) is 4.06. The highest BCUT2D eigenvalue weighted by atomic mass is 35.5. The van der Waals surface area contributed by atoms with Crippen molar-refractivity contribution in [2.75, 3.05) is 6.61 Å². The molecule has 1 aromatic carbocycles. The monoisotopic (exact) mass is 272 g/mol. The summed E-state index contributed by atoms with van der Waals surface area (Å²) in [4.78, 5) is 4.44. The van der Waals surface area contributed by atoms with Crippen molar-refractivity contribution < 1.29 is 5.11 Å². The molecule has 1 N–H and O–H groups in total. The normalized spacial score (nSPS) is 12.0. The summed E-state index contributed by atoms with van der Waals surface area (Å²) >= 11 is 5.89. The second-order valence-corrected chi connectivity index (χ2v) is 5.25. The van der Waals surface area contributed by atoms with Crippen molar-refractivity contribution in [3.8, 4) is 0 Å². The Hall–Kier alpha value is -0.750. The van der Waals surface area contributed by atoms with Gasteiger partial charge in [-0.1, -0.05) is 29.8 Å². The van der Waals surface area contributed by atoms with Crippen LogP contribution in [0, 0.1) is 0 Å². The highest BCUT2D eigenvalue weighted by Gasteiger charge is 2.01. The molecule has 1 aromatic heterocycles. The summed E-state index contributed by atoms with van der Waals surface area (Å²) in [6.45, 7) is 0.117. The Bertz CT molecular complexity index is 535. The first-order chi connectivity index (χ1) is 7.81. The maximum absolute atomic E-state index is 8.95. The van der Waals surface area contributed by atoms with Gasteiger partial charge in [0.05, 0.1) is 5.69 Å². The average molecular weight is 273 g/mol. The van der Waals surface area contributed by atoms with Gasteiger partial charge in [0.15, 0.2) is 9.82 Å². The van der Waals surface area contributed by atoms with Crippen LogP contribution < -0.4 is 4.67 Å². The molecule has 0 spiro atoms. The third-order valence-electron chi connectivity index (χ3n) is 2.00. The summed E-state index contributed by atoms with van der Waals surface area (Å²) in [6.07, 6.45) is 0.597. The Morgan fingerprint density at radius 3 is 2.88 bits per heavy atom. The number of aromatic nitrogens is 1. The van der Waals surface area contributed by atoms with E-state index in [0.29, 0.717) is 11.6 Å². The summed E-state index contributed by atoms with van der Waals surface area (Å²) in [5, 5.41) is 9.39. The van der Waals surface area contributed by atoms with Crippen LogP contribution in [0.3, 0.4) is 0 Å². The van der Waals surface area contributed by atoms with E-state index < -0.39 is 0 Å². The standard InChI is InChI=1S/C10H9ClN2OS2/c11-9-10(15-16-13-9)12-8-4-2-1-3-7(8)5-6-14/h1-4,14H,5-6H2. The van der Waals surface area contributed by atoms with Crippen molar-refractivity contribution in [2.45, 2.75) is 6.42 Å². The summed E-state index contributed by atoms with van der Waals surface area (Å²) in [5.41, 5.74) is 1.86. The van der Waals surface area contributed by atoms with E-state index in [-0.39, 0.29) is 6.61 Å². The minimum absolute atomic E-state index is 0.117. The minimum Gasteiger partial charge on any atom is -0.396 e. The molecule has 0 radical (unpaired) electrons. The Morgan fingerprint density at radius 2 is 2.19 bits per heavy atom. The fourth-order valence-electron chi connectivity index (χ4n) is 1.29. The van der Waals surface area contributed by atoms with Crippen LogP contribution >= 0.6 is 32.5 Å². The minimum atomic E-state index is 0.117. The fourth-order valence-corrected chi connectivity index (χ4v) is 3.27. The zero-order valence-electron chi connectivity index (χ0n) is 8.26. The summed E-state index contributed by atoms with van der Waals surface area (Å²) in [6, 6.07) is 7.71. The molecule has 16 heavy (non-hydrogen) atoms. The summed E-state index contributed by atoms with van der Waals surface area (Å²) < 4.78 is 4.69. The van der Waals surface area contributed by atoms with Crippen LogP contribution in [-0.2, 0) is 6.42 Å². The Morgan fingerprint density at radius 1 is 1.38 bits per heavy atom. The topological polar surface area (TPSA) is 45.5 Å². The predicted molar refractivity (Wildman–Crippen MR) is 67.5 cm³/mol. The lowest BCUT2D eigenvalue weighted by molar-refractivity contribution is 0.300. The van der Waals surface area contributed by atoms with E-state index in [4.69, 9.17) is 16.7 Å². The van der Waals surface area contributed by atoms with Gasteiger partial charge < -0.3 is 5.11 Å². The summed E-state index contributed by atoms with van der Waals surface area (Å²) in [7, 11) is 2.76. The molecule has 2 rings (SSSR count). The molecule has 0 atom stereocenters. The number of halogens is 1. The molecule has 0 saturated heterocycles. The number of nitrogens with zero attached hydrogens (tertiary/aromatic N) is 2. The number of benzene rings is 1. The number of para-hydroxylation sites is 1. The number of aliphatic hydroxyl groups is 1. The molecule has 0 saturated carbocycles. The molecule has 0 fully saturated rings. The SMILES string of the molecule is OCCc1ccccc1N=c1ssnc1Cl. The molecule has 0 amide bonds. The molecule has 0 aliphatic heterocycles. The smallest absolute Gasteiger partial charge is 0.179 e. The van der Waals surface area contributed by atoms with Crippen LogP contribution in [0.4, 0.5) is 5.69 Å². The maximum Gasteiger partial charge on any atom is 0.179 e. The van der Waals surface area contributed by atoms with Gasteiger partial charge in [0.2, 0.25) is 0 Å². The molecular weight excluding hydrogens is 264 g/mol. The molecule has 0 aliphatic carbocycles. The second kappa shape index (κ2) is 5.54. The maximum atomic E-state index is 8.95. The van der Waals surface area contributed by atoms with Crippen LogP contribution in [0.15, 0.2) is 29.3 Å². The molecule has 0 bridgehead atoms. The molecule has 1 heterocycles. The molecular formula is C10H9ClN2OS2. The van der Waals surface area contributed by atoms with Crippen molar-refractivity contribution in [2.24, 2.45) is 4.99 Å². The van der Waals surface area contributed by atoms with E-state index in [0.717, 1.165) is 15.9 Å². The highest BCUT2D eigenvalue weighted by Crippen LogP contribution is 2.19. The Labute approximate surface area is 105 Å². The average Bonchev–Trinajstić information content (AvgIpc) is 2.68. The van der Waals surface area contributed by atoms with Crippen molar-refractivity contribution >= 4 is 38.2 Å². The number of hydrogen-bond donors (Lipinski definition) is 1. The van der Waals surface area contributed by atoms with E-state index in [9.17, 15) is 0 Å². The predicted octanol–water partition coefficient (Wildman–Crippen LogP) is 2.63. The highest BCUT2D eigenvalue weighted by molar-refractivity contribution is 7.66. The van der Waals surface area contributed by atoms with Crippen LogP contribution in [0.1, 0.15) is 5.56 Å². The fraction of sp³-hybridized carbons (Fsp3) is 0.200. The largest absolute Gasteiger partial charge is 0.396 e. The molecule has 0 aliphatic rings.